The van der Waals surface area contributed by atoms with Crippen molar-refractivity contribution in [2.45, 2.75) is 50.2 Å². The minimum Gasteiger partial charge on any atom is -0.351 e. The number of hydrogen-bond acceptors (Lipinski definition) is 4. The molecule has 1 N–H and O–H groups in total. The Labute approximate surface area is 143 Å². The minimum atomic E-state index is -2.96. The number of carbonyl (C=O) groups excluding carboxylic acids is 1. The van der Waals surface area contributed by atoms with Crippen molar-refractivity contribution in [2.24, 2.45) is 0 Å². The van der Waals surface area contributed by atoms with E-state index in [1.54, 1.807) is 0 Å². The van der Waals surface area contributed by atoms with E-state index in [1.165, 1.54) is 11.1 Å². The SMILES string of the molecule is O=C(CN(C1CC1)[C@@H]1CCc2ccccc21)N[C@H]1CCS(=O)(=O)C1. The first kappa shape index (κ1) is 16.1. The third-order valence-corrected chi connectivity index (χ3v) is 7.21. The summed E-state index contributed by atoms with van der Waals surface area (Å²) in [5.74, 6) is 0.253. The summed E-state index contributed by atoms with van der Waals surface area (Å²) in [7, 11) is -2.96. The molecule has 0 spiro atoms. The lowest BCUT2D eigenvalue weighted by Crippen LogP contribution is -2.44. The van der Waals surface area contributed by atoms with Crippen molar-refractivity contribution in [1.29, 1.82) is 0 Å². The standard InChI is InChI=1S/C18H24N2O3S/c21-18(19-14-9-10-24(22,23)12-14)11-20(15-6-7-15)17-8-5-13-3-1-2-4-16(13)17/h1-4,14-15,17H,5-12H2,(H,19,21)/t14-,17+/m0/s1. The zero-order chi connectivity index (χ0) is 16.7. The average Bonchev–Trinajstić information content (AvgIpc) is 3.21. The first-order chi connectivity index (χ1) is 11.5. The highest BCUT2D eigenvalue weighted by Gasteiger charge is 2.39. The van der Waals surface area contributed by atoms with E-state index in [1.807, 2.05) is 0 Å². The first-order valence-corrected chi connectivity index (χ1v) is 10.7. The van der Waals surface area contributed by atoms with Gasteiger partial charge in [0.2, 0.25) is 5.91 Å². The van der Waals surface area contributed by atoms with Gasteiger partial charge in [-0.3, -0.25) is 9.69 Å². The molecule has 1 aliphatic heterocycles. The number of sulfone groups is 1. The van der Waals surface area contributed by atoms with Crippen molar-refractivity contribution >= 4 is 15.7 Å². The Morgan fingerprint density at radius 3 is 2.67 bits per heavy atom. The lowest BCUT2D eigenvalue weighted by atomic mass is 10.1. The smallest absolute Gasteiger partial charge is 0.234 e. The molecule has 1 aromatic rings. The molecule has 0 unspecified atom stereocenters. The second-order valence-electron chi connectivity index (χ2n) is 7.32. The molecule has 1 heterocycles. The van der Waals surface area contributed by atoms with Crippen molar-refractivity contribution in [3.05, 3.63) is 35.4 Å². The van der Waals surface area contributed by atoms with E-state index < -0.39 is 9.84 Å². The molecule has 0 aromatic heterocycles. The molecule has 6 heteroatoms. The Morgan fingerprint density at radius 1 is 1.17 bits per heavy atom. The number of nitrogens with one attached hydrogen (secondary N) is 1. The van der Waals surface area contributed by atoms with Gasteiger partial charge in [-0.1, -0.05) is 24.3 Å². The summed E-state index contributed by atoms with van der Waals surface area (Å²) in [6.07, 6.45) is 5.00. The molecule has 1 aromatic carbocycles. The third kappa shape index (κ3) is 3.35. The molecular weight excluding hydrogens is 324 g/mol. The molecule has 2 aliphatic carbocycles. The fraction of sp³-hybridized carbons (Fsp3) is 0.611. The second-order valence-corrected chi connectivity index (χ2v) is 9.55. The molecule has 2 atom stereocenters. The van der Waals surface area contributed by atoms with Crippen LogP contribution in [0.1, 0.15) is 42.9 Å². The molecule has 2 fully saturated rings. The fourth-order valence-electron chi connectivity index (χ4n) is 4.13. The van der Waals surface area contributed by atoms with Gasteiger partial charge in [0.05, 0.1) is 18.1 Å². The van der Waals surface area contributed by atoms with Crippen molar-refractivity contribution in [2.75, 3.05) is 18.1 Å². The molecule has 1 amide bonds. The van der Waals surface area contributed by atoms with Gasteiger partial charge in [0.15, 0.2) is 9.84 Å². The van der Waals surface area contributed by atoms with Crippen LogP contribution in [0.2, 0.25) is 0 Å². The highest BCUT2D eigenvalue weighted by molar-refractivity contribution is 7.91. The van der Waals surface area contributed by atoms with Gasteiger partial charge in [0.1, 0.15) is 0 Å². The summed E-state index contributed by atoms with van der Waals surface area (Å²) < 4.78 is 23.1. The van der Waals surface area contributed by atoms with E-state index in [-0.39, 0.29) is 23.5 Å². The van der Waals surface area contributed by atoms with Crippen LogP contribution in [0.15, 0.2) is 24.3 Å². The summed E-state index contributed by atoms with van der Waals surface area (Å²) in [4.78, 5) is 14.8. The molecule has 3 aliphatic rings. The normalized spacial score (nSPS) is 28.0. The summed E-state index contributed by atoms with van der Waals surface area (Å²) in [6, 6.07) is 9.14. The van der Waals surface area contributed by atoms with Crippen LogP contribution in [0.4, 0.5) is 0 Å². The molecule has 130 valence electrons. The number of rotatable bonds is 5. The van der Waals surface area contributed by atoms with E-state index in [4.69, 9.17) is 0 Å². The van der Waals surface area contributed by atoms with Gasteiger partial charge in [-0.15, -0.1) is 0 Å². The lowest BCUT2D eigenvalue weighted by molar-refractivity contribution is -0.123. The van der Waals surface area contributed by atoms with Crippen LogP contribution in [0, 0.1) is 0 Å². The molecule has 5 nitrogen and oxygen atoms in total. The summed E-state index contributed by atoms with van der Waals surface area (Å²) in [5, 5.41) is 2.94. The number of carbonyl (C=O) groups is 1. The van der Waals surface area contributed by atoms with Gasteiger partial charge < -0.3 is 5.32 Å². The van der Waals surface area contributed by atoms with E-state index in [9.17, 15) is 13.2 Å². The topological polar surface area (TPSA) is 66.5 Å². The Kier molecular flexibility index (Phi) is 4.12. The predicted molar refractivity (Wildman–Crippen MR) is 92.4 cm³/mol. The Bertz CT molecular complexity index is 742. The molecule has 24 heavy (non-hydrogen) atoms. The zero-order valence-electron chi connectivity index (χ0n) is 13.8. The quantitative estimate of drug-likeness (QED) is 0.874. The van der Waals surface area contributed by atoms with Gasteiger partial charge in [-0.2, -0.15) is 0 Å². The molecule has 1 saturated carbocycles. The predicted octanol–water partition coefficient (Wildman–Crippen LogP) is 1.44. The van der Waals surface area contributed by atoms with Crippen LogP contribution in [0.3, 0.4) is 0 Å². The van der Waals surface area contributed by atoms with Crippen LogP contribution in [-0.4, -0.2) is 49.4 Å². The van der Waals surface area contributed by atoms with E-state index in [2.05, 4.69) is 34.5 Å². The first-order valence-electron chi connectivity index (χ1n) is 8.85. The summed E-state index contributed by atoms with van der Waals surface area (Å²) in [5.41, 5.74) is 2.76. The molecule has 0 radical (unpaired) electrons. The van der Waals surface area contributed by atoms with Gasteiger partial charge in [-0.25, -0.2) is 8.42 Å². The van der Waals surface area contributed by atoms with Gasteiger partial charge in [-0.05, 0) is 43.2 Å². The number of fused-ring (bicyclic) bond motifs is 1. The van der Waals surface area contributed by atoms with E-state index >= 15 is 0 Å². The van der Waals surface area contributed by atoms with Crippen molar-refractivity contribution in [3.63, 3.8) is 0 Å². The van der Waals surface area contributed by atoms with Crippen molar-refractivity contribution in [3.8, 4) is 0 Å². The maximum atomic E-state index is 12.5. The largest absolute Gasteiger partial charge is 0.351 e. The molecular formula is C18H24N2O3S. The van der Waals surface area contributed by atoms with Gasteiger partial charge in [0, 0.05) is 18.1 Å². The van der Waals surface area contributed by atoms with Crippen LogP contribution in [0.5, 0.6) is 0 Å². The lowest BCUT2D eigenvalue weighted by Gasteiger charge is -2.29. The third-order valence-electron chi connectivity index (χ3n) is 5.44. The number of hydrogen-bond donors (Lipinski definition) is 1. The molecule has 1 saturated heterocycles. The van der Waals surface area contributed by atoms with E-state index in [0.717, 1.165) is 25.7 Å². The zero-order valence-corrected chi connectivity index (χ0v) is 14.6. The number of nitrogens with zero attached hydrogens (tertiary/aromatic N) is 1. The van der Waals surface area contributed by atoms with Crippen LogP contribution in [-0.2, 0) is 21.1 Å². The van der Waals surface area contributed by atoms with Crippen molar-refractivity contribution < 1.29 is 13.2 Å². The Balaban J connectivity index is 1.43. The Morgan fingerprint density at radius 2 is 1.96 bits per heavy atom. The van der Waals surface area contributed by atoms with Crippen LogP contribution >= 0.6 is 0 Å². The monoisotopic (exact) mass is 348 g/mol. The summed E-state index contributed by atoms with van der Waals surface area (Å²) >= 11 is 0. The van der Waals surface area contributed by atoms with Crippen LogP contribution < -0.4 is 5.32 Å². The van der Waals surface area contributed by atoms with Gasteiger partial charge in [0.25, 0.3) is 0 Å². The van der Waals surface area contributed by atoms with E-state index in [0.29, 0.717) is 25.0 Å². The van der Waals surface area contributed by atoms with Crippen molar-refractivity contribution in [1.82, 2.24) is 10.2 Å². The van der Waals surface area contributed by atoms with Crippen LogP contribution in [0.25, 0.3) is 0 Å². The molecule has 0 bridgehead atoms. The highest BCUT2D eigenvalue weighted by Crippen LogP contribution is 2.41. The number of aryl methyl sites for hydroxylation is 1. The summed E-state index contributed by atoms with van der Waals surface area (Å²) in [6.45, 7) is 0.375. The fourth-order valence-corrected chi connectivity index (χ4v) is 5.80. The Hall–Kier alpha value is -1.40. The number of amides is 1. The maximum absolute atomic E-state index is 12.5. The average molecular weight is 348 g/mol. The highest BCUT2D eigenvalue weighted by atomic mass is 32.2. The number of benzene rings is 1. The van der Waals surface area contributed by atoms with Gasteiger partial charge >= 0.3 is 0 Å². The maximum Gasteiger partial charge on any atom is 0.234 e. The second kappa shape index (κ2) is 6.15. The molecule has 4 rings (SSSR count). The minimum absolute atomic E-state index is 0.0339.